The van der Waals surface area contributed by atoms with Crippen LogP contribution in [0.4, 0.5) is 5.69 Å². The zero-order valence-corrected chi connectivity index (χ0v) is 11.0. The van der Waals surface area contributed by atoms with Crippen molar-refractivity contribution in [2.24, 2.45) is 5.92 Å². The molecule has 82 valence electrons. The predicted octanol–water partition coefficient (Wildman–Crippen LogP) is 3.13. The number of ether oxygens (including phenoxy) is 1. The van der Waals surface area contributed by atoms with Crippen LogP contribution in [0.5, 0.6) is 0 Å². The molecule has 1 aliphatic rings. The molecule has 0 amide bonds. The molecule has 0 aliphatic heterocycles. The molecule has 0 spiro atoms. The third kappa shape index (κ3) is 3.08. The van der Waals surface area contributed by atoms with Gasteiger partial charge in [-0.05, 0) is 53.5 Å². The average molecular weight is 317 g/mol. The van der Waals surface area contributed by atoms with Gasteiger partial charge in [-0.15, -0.1) is 0 Å². The van der Waals surface area contributed by atoms with Crippen molar-refractivity contribution >= 4 is 28.3 Å². The van der Waals surface area contributed by atoms with Crippen molar-refractivity contribution < 1.29 is 4.74 Å². The Bertz CT molecular complexity index is 325. The maximum absolute atomic E-state index is 5.25. The molecule has 3 heteroatoms. The summed E-state index contributed by atoms with van der Waals surface area (Å²) in [5.41, 5.74) is 1.23. The summed E-state index contributed by atoms with van der Waals surface area (Å²) in [5.74, 6) is 0.806. The molecule has 1 atom stereocenters. The minimum Gasteiger partial charge on any atom is -0.383 e. The van der Waals surface area contributed by atoms with Gasteiger partial charge in [0.05, 0.1) is 12.6 Å². The number of para-hydroxylation sites is 1. The van der Waals surface area contributed by atoms with Crippen molar-refractivity contribution in [3.63, 3.8) is 0 Å². The van der Waals surface area contributed by atoms with Gasteiger partial charge in [0.2, 0.25) is 0 Å². The van der Waals surface area contributed by atoms with E-state index in [1.165, 1.54) is 22.1 Å². The maximum Gasteiger partial charge on any atom is 0.0666 e. The Kier molecular flexibility index (Phi) is 3.86. The monoisotopic (exact) mass is 317 g/mol. The van der Waals surface area contributed by atoms with E-state index in [4.69, 9.17) is 4.74 Å². The minimum atomic E-state index is 0.478. The Morgan fingerprint density at radius 2 is 2.20 bits per heavy atom. The Morgan fingerprint density at radius 3 is 2.80 bits per heavy atom. The van der Waals surface area contributed by atoms with Gasteiger partial charge in [0, 0.05) is 16.4 Å². The van der Waals surface area contributed by atoms with Crippen molar-refractivity contribution in [1.29, 1.82) is 0 Å². The third-order valence-electron chi connectivity index (χ3n) is 2.75. The molecule has 0 bridgehead atoms. The highest BCUT2D eigenvalue weighted by Gasteiger charge is 2.31. The number of halogens is 1. The lowest BCUT2D eigenvalue weighted by Gasteiger charge is -2.19. The summed E-state index contributed by atoms with van der Waals surface area (Å²) in [5, 5.41) is 3.58. The van der Waals surface area contributed by atoms with Gasteiger partial charge in [0.1, 0.15) is 0 Å². The second-order valence-corrected chi connectivity index (χ2v) is 5.19. The first-order valence-corrected chi connectivity index (χ1v) is 6.39. The van der Waals surface area contributed by atoms with E-state index in [0.29, 0.717) is 6.04 Å². The molecule has 1 N–H and O–H groups in total. The highest BCUT2D eigenvalue weighted by atomic mass is 127. The summed E-state index contributed by atoms with van der Waals surface area (Å²) in [6.07, 6.45) is 2.68. The molecular weight excluding hydrogens is 301 g/mol. The number of hydrogen-bond donors (Lipinski definition) is 1. The number of nitrogens with one attached hydrogen (secondary N) is 1. The lowest BCUT2D eigenvalue weighted by molar-refractivity contribution is 0.179. The highest BCUT2D eigenvalue weighted by molar-refractivity contribution is 14.1. The molecule has 1 aromatic rings. The molecule has 0 saturated heterocycles. The lowest BCUT2D eigenvalue weighted by atomic mass is 10.2. The molecule has 1 aromatic carbocycles. The number of hydrogen-bond acceptors (Lipinski definition) is 2. The van der Waals surface area contributed by atoms with Crippen LogP contribution in [-0.4, -0.2) is 19.8 Å². The van der Waals surface area contributed by atoms with Crippen LogP contribution in [0.25, 0.3) is 0 Å². The minimum absolute atomic E-state index is 0.478. The van der Waals surface area contributed by atoms with Gasteiger partial charge in [-0.1, -0.05) is 12.1 Å². The second-order valence-electron chi connectivity index (χ2n) is 4.02. The number of benzene rings is 1. The van der Waals surface area contributed by atoms with Crippen LogP contribution in [0.2, 0.25) is 0 Å². The van der Waals surface area contributed by atoms with Gasteiger partial charge in [0.25, 0.3) is 0 Å². The third-order valence-corrected chi connectivity index (χ3v) is 3.69. The van der Waals surface area contributed by atoms with Gasteiger partial charge >= 0.3 is 0 Å². The Morgan fingerprint density at radius 1 is 1.47 bits per heavy atom. The van der Waals surface area contributed by atoms with Crippen LogP contribution in [0.15, 0.2) is 24.3 Å². The maximum atomic E-state index is 5.25. The molecule has 2 nitrogen and oxygen atoms in total. The first-order valence-electron chi connectivity index (χ1n) is 5.31. The van der Waals surface area contributed by atoms with Gasteiger partial charge < -0.3 is 10.1 Å². The molecule has 1 unspecified atom stereocenters. The van der Waals surface area contributed by atoms with E-state index < -0.39 is 0 Å². The molecule has 0 heterocycles. The van der Waals surface area contributed by atoms with Crippen LogP contribution in [0, 0.1) is 9.49 Å². The molecule has 1 fully saturated rings. The summed E-state index contributed by atoms with van der Waals surface area (Å²) in [7, 11) is 1.77. The Balaban J connectivity index is 2.02. The van der Waals surface area contributed by atoms with Crippen LogP contribution in [-0.2, 0) is 4.74 Å². The summed E-state index contributed by atoms with van der Waals surface area (Å²) in [6.45, 7) is 0.801. The van der Waals surface area contributed by atoms with Crippen LogP contribution < -0.4 is 5.32 Å². The Hall–Kier alpha value is -0.290. The van der Waals surface area contributed by atoms with Crippen molar-refractivity contribution in [1.82, 2.24) is 0 Å². The van der Waals surface area contributed by atoms with Gasteiger partial charge in [0.15, 0.2) is 0 Å². The van der Waals surface area contributed by atoms with E-state index >= 15 is 0 Å². The fourth-order valence-corrected chi connectivity index (χ4v) is 2.29. The van der Waals surface area contributed by atoms with E-state index in [2.05, 4.69) is 52.2 Å². The molecule has 1 saturated carbocycles. The van der Waals surface area contributed by atoms with E-state index in [9.17, 15) is 0 Å². The topological polar surface area (TPSA) is 21.3 Å². The van der Waals surface area contributed by atoms with Gasteiger partial charge in [-0.3, -0.25) is 0 Å². The van der Waals surface area contributed by atoms with Crippen molar-refractivity contribution in [3.05, 3.63) is 27.8 Å². The smallest absolute Gasteiger partial charge is 0.0666 e. The van der Waals surface area contributed by atoms with Crippen molar-refractivity contribution in [2.45, 2.75) is 18.9 Å². The van der Waals surface area contributed by atoms with E-state index in [1.807, 2.05) is 0 Å². The fraction of sp³-hybridized carbons (Fsp3) is 0.500. The normalized spacial score (nSPS) is 17.5. The molecule has 2 rings (SSSR count). The Labute approximate surface area is 105 Å². The van der Waals surface area contributed by atoms with Crippen LogP contribution in [0.1, 0.15) is 12.8 Å². The SMILES string of the molecule is COCC(Nc1ccccc1I)C1CC1. The van der Waals surface area contributed by atoms with Gasteiger partial charge in [-0.25, -0.2) is 0 Å². The quantitative estimate of drug-likeness (QED) is 0.843. The predicted molar refractivity (Wildman–Crippen MR) is 71.2 cm³/mol. The number of rotatable bonds is 5. The fourth-order valence-electron chi connectivity index (χ4n) is 1.75. The molecule has 1 aliphatic carbocycles. The zero-order valence-electron chi connectivity index (χ0n) is 8.87. The molecule has 15 heavy (non-hydrogen) atoms. The second kappa shape index (κ2) is 5.16. The number of anilines is 1. The first-order chi connectivity index (χ1) is 7.31. The molecule has 0 aromatic heterocycles. The zero-order chi connectivity index (χ0) is 10.7. The van der Waals surface area contributed by atoms with Crippen LogP contribution in [0.3, 0.4) is 0 Å². The summed E-state index contributed by atoms with van der Waals surface area (Å²) < 4.78 is 6.53. The molecular formula is C12H16INO. The largest absolute Gasteiger partial charge is 0.383 e. The number of methoxy groups -OCH3 is 1. The van der Waals surface area contributed by atoms with Crippen molar-refractivity contribution in [3.8, 4) is 0 Å². The van der Waals surface area contributed by atoms with E-state index in [0.717, 1.165) is 12.5 Å². The summed E-state index contributed by atoms with van der Waals surface area (Å²) >= 11 is 2.36. The molecule has 0 radical (unpaired) electrons. The summed E-state index contributed by atoms with van der Waals surface area (Å²) in [4.78, 5) is 0. The van der Waals surface area contributed by atoms with Crippen LogP contribution >= 0.6 is 22.6 Å². The average Bonchev–Trinajstić information content (AvgIpc) is 3.04. The highest BCUT2D eigenvalue weighted by Crippen LogP contribution is 2.34. The summed E-state index contributed by atoms with van der Waals surface area (Å²) in [6, 6.07) is 8.87. The van der Waals surface area contributed by atoms with Gasteiger partial charge in [-0.2, -0.15) is 0 Å². The van der Waals surface area contributed by atoms with Crippen molar-refractivity contribution in [2.75, 3.05) is 19.0 Å². The lowest BCUT2D eigenvalue weighted by Crippen LogP contribution is -2.27. The van der Waals surface area contributed by atoms with E-state index in [1.54, 1.807) is 7.11 Å². The van der Waals surface area contributed by atoms with E-state index in [-0.39, 0.29) is 0 Å². The first kappa shape index (κ1) is 11.2. The standard InChI is InChI=1S/C12H16INO/c1-15-8-12(9-6-7-9)14-11-5-3-2-4-10(11)13/h2-5,9,12,14H,6-8H2,1H3.